The monoisotopic (exact) mass is 266 g/mol. The third-order valence-electron chi connectivity index (χ3n) is 3.07. The van der Waals surface area contributed by atoms with Gasteiger partial charge in [-0.25, -0.2) is 0 Å². The number of hydrogen-bond donors (Lipinski definition) is 1. The van der Waals surface area contributed by atoms with E-state index in [1.54, 1.807) is 26.2 Å². The zero-order chi connectivity index (χ0) is 14.4. The average molecular weight is 266 g/mol. The number of carbonyl (C=O) groups is 1. The van der Waals surface area contributed by atoms with Gasteiger partial charge in [0.2, 0.25) is 0 Å². The molecule has 2 atom stereocenters. The zero-order valence-electron chi connectivity index (χ0n) is 11.9. The number of para-hydroxylation sites is 1. The summed E-state index contributed by atoms with van der Waals surface area (Å²) in [7, 11) is 1.54. The molecule has 1 aromatic carbocycles. The molecule has 0 spiro atoms. The predicted molar refractivity (Wildman–Crippen MR) is 72.9 cm³/mol. The van der Waals surface area contributed by atoms with Gasteiger partial charge in [-0.15, -0.1) is 0 Å². The number of ether oxygens (including phenoxy) is 2. The third-order valence-corrected chi connectivity index (χ3v) is 3.07. The van der Waals surface area contributed by atoms with Crippen LogP contribution in [0.2, 0.25) is 0 Å². The Morgan fingerprint density at radius 3 is 2.47 bits per heavy atom. The summed E-state index contributed by atoms with van der Waals surface area (Å²) in [6.07, 6.45) is -0.935. The number of aliphatic hydroxyl groups is 1. The largest absolute Gasteiger partial charge is 0.496 e. The SMILES string of the molecule is CCOC(=O)C(C(C)C)C(O)c1ccccc1OC. The second kappa shape index (κ2) is 7.14. The van der Waals surface area contributed by atoms with E-state index in [4.69, 9.17) is 9.47 Å². The van der Waals surface area contributed by atoms with E-state index in [-0.39, 0.29) is 11.9 Å². The molecule has 0 heterocycles. The molecule has 1 N–H and O–H groups in total. The van der Waals surface area contributed by atoms with Crippen LogP contribution in [0, 0.1) is 11.8 Å². The van der Waals surface area contributed by atoms with Crippen LogP contribution in [-0.4, -0.2) is 24.8 Å². The summed E-state index contributed by atoms with van der Waals surface area (Å²) in [4.78, 5) is 12.0. The summed E-state index contributed by atoms with van der Waals surface area (Å²) in [5.74, 6) is -0.434. The Morgan fingerprint density at radius 2 is 1.95 bits per heavy atom. The Bertz CT molecular complexity index is 414. The fraction of sp³-hybridized carbons (Fsp3) is 0.533. The quantitative estimate of drug-likeness (QED) is 0.804. The molecule has 0 aliphatic rings. The molecule has 0 radical (unpaired) electrons. The molecule has 4 nitrogen and oxygen atoms in total. The lowest BCUT2D eigenvalue weighted by Gasteiger charge is -2.25. The van der Waals surface area contributed by atoms with Gasteiger partial charge in [-0.2, -0.15) is 0 Å². The van der Waals surface area contributed by atoms with Crippen molar-refractivity contribution in [1.29, 1.82) is 0 Å². The van der Waals surface area contributed by atoms with E-state index in [9.17, 15) is 9.90 Å². The number of benzene rings is 1. The minimum absolute atomic E-state index is 0.0287. The van der Waals surface area contributed by atoms with E-state index in [2.05, 4.69) is 0 Å². The summed E-state index contributed by atoms with van der Waals surface area (Å²) in [5, 5.41) is 10.5. The van der Waals surface area contributed by atoms with Crippen LogP contribution < -0.4 is 4.74 Å². The predicted octanol–water partition coefficient (Wildman–Crippen LogP) is 2.56. The fourth-order valence-electron chi connectivity index (χ4n) is 2.11. The van der Waals surface area contributed by atoms with Crippen LogP contribution in [0.25, 0.3) is 0 Å². The Balaban J connectivity index is 3.05. The highest BCUT2D eigenvalue weighted by Gasteiger charge is 2.33. The van der Waals surface area contributed by atoms with Gasteiger partial charge in [-0.05, 0) is 18.9 Å². The van der Waals surface area contributed by atoms with Gasteiger partial charge in [0.15, 0.2) is 0 Å². The summed E-state index contributed by atoms with van der Waals surface area (Å²) < 4.78 is 10.3. The lowest BCUT2D eigenvalue weighted by molar-refractivity contribution is -0.154. The summed E-state index contributed by atoms with van der Waals surface area (Å²) in [5.41, 5.74) is 0.608. The molecule has 0 amide bonds. The second-order valence-corrected chi connectivity index (χ2v) is 4.71. The fourth-order valence-corrected chi connectivity index (χ4v) is 2.11. The van der Waals surface area contributed by atoms with Gasteiger partial charge in [-0.3, -0.25) is 4.79 Å². The molecule has 106 valence electrons. The first-order valence-electron chi connectivity index (χ1n) is 6.50. The Morgan fingerprint density at radius 1 is 1.32 bits per heavy atom. The number of methoxy groups -OCH3 is 1. The maximum atomic E-state index is 12.0. The number of rotatable bonds is 6. The highest BCUT2D eigenvalue weighted by atomic mass is 16.5. The molecule has 0 aliphatic heterocycles. The lowest BCUT2D eigenvalue weighted by Crippen LogP contribution is -2.29. The van der Waals surface area contributed by atoms with Crippen molar-refractivity contribution in [2.75, 3.05) is 13.7 Å². The van der Waals surface area contributed by atoms with Gasteiger partial charge in [-0.1, -0.05) is 32.0 Å². The van der Waals surface area contributed by atoms with Gasteiger partial charge in [0.25, 0.3) is 0 Å². The van der Waals surface area contributed by atoms with Crippen molar-refractivity contribution in [3.63, 3.8) is 0 Å². The summed E-state index contributed by atoms with van der Waals surface area (Å²) in [6, 6.07) is 7.16. The molecule has 1 aromatic rings. The lowest BCUT2D eigenvalue weighted by atomic mass is 9.86. The van der Waals surface area contributed by atoms with E-state index in [0.29, 0.717) is 17.9 Å². The number of carbonyl (C=O) groups excluding carboxylic acids is 1. The first-order chi connectivity index (χ1) is 9.02. The van der Waals surface area contributed by atoms with Crippen molar-refractivity contribution in [3.8, 4) is 5.75 Å². The van der Waals surface area contributed by atoms with Gasteiger partial charge in [0, 0.05) is 5.56 Å². The minimum Gasteiger partial charge on any atom is -0.496 e. The van der Waals surface area contributed by atoms with E-state index in [1.165, 1.54) is 0 Å². The molecule has 0 saturated heterocycles. The van der Waals surface area contributed by atoms with E-state index in [0.717, 1.165) is 0 Å². The smallest absolute Gasteiger partial charge is 0.312 e. The van der Waals surface area contributed by atoms with Crippen LogP contribution in [0.15, 0.2) is 24.3 Å². The van der Waals surface area contributed by atoms with E-state index >= 15 is 0 Å². The zero-order valence-corrected chi connectivity index (χ0v) is 11.9. The topological polar surface area (TPSA) is 55.8 Å². The highest BCUT2D eigenvalue weighted by Crippen LogP contribution is 2.34. The van der Waals surface area contributed by atoms with Gasteiger partial charge < -0.3 is 14.6 Å². The van der Waals surface area contributed by atoms with Crippen LogP contribution in [0.3, 0.4) is 0 Å². The van der Waals surface area contributed by atoms with Crippen molar-refractivity contribution in [2.24, 2.45) is 11.8 Å². The Labute approximate surface area is 114 Å². The van der Waals surface area contributed by atoms with Crippen LogP contribution in [-0.2, 0) is 9.53 Å². The molecule has 1 rings (SSSR count). The minimum atomic E-state index is -0.935. The van der Waals surface area contributed by atoms with Crippen molar-refractivity contribution in [3.05, 3.63) is 29.8 Å². The van der Waals surface area contributed by atoms with Crippen LogP contribution in [0.5, 0.6) is 5.75 Å². The molecule has 0 fully saturated rings. The maximum Gasteiger partial charge on any atom is 0.312 e. The van der Waals surface area contributed by atoms with E-state index in [1.807, 2.05) is 26.0 Å². The number of esters is 1. The van der Waals surface area contributed by atoms with Crippen LogP contribution in [0.1, 0.15) is 32.4 Å². The average Bonchev–Trinajstić information content (AvgIpc) is 2.38. The molecule has 2 unspecified atom stereocenters. The van der Waals surface area contributed by atoms with Gasteiger partial charge in [0.05, 0.1) is 25.7 Å². The van der Waals surface area contributed by atoms with Crippen LogP contribution >= 0.6 is 0 Å². The molecule has 0 bridgehead atoms. The molecule has 0 aromatic heterocycles. The summed E-state index contributed by atoms with van der Waals surface area (Å²) in [6.45, 7) is 5.84. The molecule has 4 heteroatoms. The highest BCUT2D eigenvalue weighted by molar-refractivity contribution is 5.74. The van der Waals surface area contributed by atoms with Crippen molar-refractivity contribution >= 4 is 5.97 Å². The standard InChI is InChI=1S/C15H22O4/c1-5-19-15(17)13(10(2)3)14(16)11-8-6-7-9-12(11)18-4/h6-10,13-14,16H,5H2,1-4H3. The Kier molecular flexibility index (Phi) is 5.83. The normalized spacial score (nSPS) is 14.0. The first kappa shape index (κ1) is 15.5. The molecule has 19 heavy (non-hydrogen) atoms. The maximum absolute atomic E-state index is 12.0. The van der Waals surface area contributed by atoms with Gasteiger partial charge in [0.1, 0.15) is 5.75 Å². The molecule has 0 aliphatic carbocycles. The molecule has 0 saturated carbocycles. The van der Waals surface area contributed by atoms with E-state index < -0.39 is 12.0 Å². The van der Waals surface area contributed by atoms with Crippen molar-refractivity contribution in [1.82, 2.24) is 0 Å². The third kappa shape index (κ3) is 3.70. The number of hydrogen-bond acceptors (Lipinski definition) is 4. The summed E-state index contributed by atoms with van der Waals surface area (Å²) >= 11 is 0. The molecular formula is C15H22O4. The number of aliphatic hydroxyl groups excluding tert-OH is 1. The first-order valence-corrected chi connectivity index (χ1v) is 6.50. The van der Waals surface area contributed by atoms with Crippen molar-refractivity contribution in [2.45, 2.75) is 26.9 Å². The molecular weight excluding hydrogens is 244 g/mol. The van der Waals surface area contributed by atoms with Gasteiger partial charge >= 0.3 is 5.97 Å². The Hall–Kier alpha value is -1.55. The second-order valence-electron chi connectivity index (χ2n) is 4.71. The van der Waals surface area contributed by atoms with Crippen molar-refractivity contribution < 1.29 is 19.4 Å². The van der Waals surface area contributed by atoms with Crippen LogP contribution in [0.4, 0.5) is 0 Å².